The van der Waals surface area contributed by atoms with Gasteiger partial charge in [-0.2, -0.15) is 10.2 Å². The standard InChI is InChI=1S/C23H29N5O3S/c1-15-7-6-8-17(11-15)27-16(2)19(13-24-27)22(29)25-21-12-20(23(3,4)5)26-28(21)18-9-10-32(30,31)14-18/h6-8,11-13,18H,9-10,14H2,1-5H3,(H,25,29). The summed E-state index contributed by atoms with van der Waals surface area (Å²) in [4.78, 5) is 13.2. The largest absolute Gasteiger partial charge is 0.307 e. The molecular weight excluding hydrogens is 426 g/mol. The second kappa shape index (κ2) is 7.88. The Hall–Kier alpha value is -2.94. The van der Waals surface area contributed by atoms with Crippen molar-refractivity contribution < 1.29 is 13.2 Å². The molecule has 1 atom stereocenters. The third-order valence-electron chi connectivity index (χ3n) is 5.80. The lowest BCUT2D eigenvalue weighted by molar-refractivity contribution is 0.102. The first-order valence-electron chi connectivity index (χ1n) is 10.7. The molecule has 3 aromatic rings. The Morgan fingerprint density at radius 1 is 1.19 bits per heavy atom. The number of aromatic nitrogens is 4. The number of carbonyl (C=O) groups excluding carboxylic acids is 1. The number of rotatable bonds is 4. The Morgan fingerprint density at radius 3 is 2.56 bits per heavy atom. The van der Waals surface area contributed by atoms with E-state index in [4.69, 9.17) is 0 Å². The van der Waals surface area contributed by atoms with Crippen molar-refractivity contribution in [1.29, 1.82) is 0 Å². The average Bonchev–Trinajstić information content (AvgIpc) is 3.38. The van der Waals surface area contributed by atoms with Crippen molar-refractivity contribution >= 4 is 21.6 Å². The predicted octanol–water partition coefficient (Wildman–Crippen LogP) is 3.60. The smallest absolute Gasteiger partial charge is 0.260 e. The predicted molar refractivity (Wildman–Crippen MR) is 124 cm³/mol. The van der Waals surface area contributed by atoms with Crippen molar-refractivity contribution in [2.75, 3.05) is 16.8 Å². The van der Waals surface area contributed by atoms with Crippen LogP contribution in [0.2, 0.25) is 0 Å². The summed E-state index contributed by atoms with van der Waals surface area (Å²) >= 11 is 0. The van der Waals surface area contributed by atoms with E-state index in [2.05, 4.69) is 15.5 Å². The summed E-state index contributed by atoms with van der Waals surface area (Å²) in [6, 6.07) is 9.46. The molecule has 9 heteroatoms. The van der Waals surface area contributed by atoms with Crippen LogP contribution < -0.4 is 5.32 Å². The van der Waals surface area contributed by atoms with E-state index < -0.39 is 9.84 Å². The maximum atomic E-state index is 13.2. The molecule has 0 saturated carbocycles. The Kier molecular flexibility index (Phi) is 5.48. The van der Waals surface area contributed by atoms with Gasteiger partial charge >= 0.3 is 0 Å². The summed E-state index contributed by atoms with van der Waals surface area (Å²) in [5, 5.41) is 12.0. The maximum Gasteiger partial charge on any atom is 0.260 e. The molecule has 1 unspecified atom stereocenters. The molecule has 1 fully saturated rings. The summed E-state index contributed by atoms with van der Waals surface area (Å²) in [5.41, 5.74) is 3.72. The number of sulfone groups is 1. The van der Waals surface area contributed by atoms with Crippen molar-refractivity contribution in [3.63, 3.8) is 0 Å². The van der Waals surface area contributed by atoms with Crippen LogP contribution in [0.4, 0.5) is 5.82 Å². The van der Waals surface area contributed by atoms with Crippen LogP contribution in [0, 0.1) is 13.8 Å². The highest BCUT2D eigenvalue weighted by molar-refractivity contribution is 7.91. The molecular formula is C23H29N5O3S. The molecule has 0 spiro atoms. The van der Waals surface area contributed by atoms with Gasteiger partial charge in [-0.15, -0.1) is 0 Å². The zero-order chi connectivity index (χ0) is 23.3. The Balaban J connectivity index is 1.66. The fourth-order valence-corrected chi connectivity index (χ4v) is 5.63. The molecule has 3 heterocycles. The maximum absolute atomic E-state index is 13.2. The van der Waals surface area contributed by atoms with E-state index in [0.29, 0.717) is 17.8 Å². The second-order valence-corrected chi connectivity index (χ2v) is 11.7. The van der Waals surface area contributed by atoms with Crippen molar-refractivity contribution in [2.24, 2.45) is 0 Å². The molecule has 0 bridgehead atoms. The number of hydrogen-bond acceptors (Lipinski definition) is 5. The number of nitrogens with zero attached hydrogens (tertiary/aromatic N) is 4. The zero-order valence-corrected chi connectivity index (χ0v) is 19.9. The van der Waals surface area contributed by atoms with Gasteiger partial charge in [0.1, 0.15) is 5.82 Å². The van der Waals surface area contributed by atoms with Gasteiger partial charge in [0.05, 0.1) is 46.4 Å². The second-order valence-electron chi connectivity index (χ2n) is 9.51. The van der Waals surface area contributed by atoms with Gasteiger partial charge < -0.3 is 5.32 Å². The van der Waals surface area contributed by atoms with E-state index in [1.165, 1.54) is 0 Å². The number of hydrogen-bond donors (Lipinski definition) is 1. The van der Waals surface area contributed by atoms with Crippen molar-refractivity contribution in [3.8, 4) is 5.69 Å². The van der Waals surface area contributed by atoms with Gasteiger partial charge in [0.15, 0.2) is 9.84 Å². The van der Waals surface area contributed by atoms with Crippen LogP contribution in [0.5, 0.6) is 0 Å². The molecule has 32 heavy (non-hydrogen) atoms. The van der Waals surface area contributed by atoms with Gasteiger partial charge in [-0.25, -0.2) is 17.8 Å². The fraction of sp³-hybridized carbons (Fsp3) is 0.435. The zero-order valence-electron chi connectivity index (χ0n) is 19.1. The van der Waals surface area contributed by atoms with Crippen molar-refractivity contribution in [2.45, 2.75) is 52.5 Å². The van der Waals surface area contributed by atoms with Crippen LogP contribution in [0.15, 0.2) is 36.5 Å². The van der Waals surface area contributed by atoms with Crippen LogP contribution in [0.3, 0.4) is 0 Å². The Bertz CT molecular complexity index is 1280. The molecule has 170 valence electrons. The highest BCUT2D eigenvalue weighted by Crippen LogP contribution is 2.31. The van der Waals surface area contributed by atoms with Crippen LogP contribution in [-0.4, -0.2) is 45.4 Å². The first-order valence-corrected chi connectivity index (χ1v) is 12.5. The number of amides is 1. The van der Waals surface area contributed by atoms with Crippen LogP contribution in [0.25, 0.3) is 5.69 Å². The van der Waals surface area contributed by atoms with Crippen molar-refractivity contribution in [3.05, 3.63) is 59.0 Å². The summed E-state index contributed by atoms with van der Waals surface area (Å²) in [6.45, 7) is 9.96. The van der Waals surface area contributed by atoms with E-state index in [-0.39, 0.29) is 28.9 Å². The van der Waals surface area contributed by atoms with Gasteiger partial charge in [0.25, 0.3) is 5.91 Å². The first kappa shape index (κ1) is 22.3. The van der Waals surface area contributed by atoms with E-state index in [1.807, 2.05) is 65.0 Å². The summed E-state index contributed by atoms with van der Waals surface area (Å²) in [5.74, 6) is 0.373. The molecule has 1 aliphatic heterocycles. The number of anilines is 1. The first-order chi connectivity index (χ1) is 14.9. The Labute approximate surface area is 188 Å². The van der Waals surface area contributed by atoms with Gasteiger partial charge in [0.2, 0.25) is 0 Å². The topological polar surface area (TPSA) is 98.9 Å². The van der Waals surface area contributed by atoms with Gasteiger partial charge in [-0.05, 0) is 38.0 Å². The fourth-order valence-electron chi connectivity index (χ4n) is 3.94. The van der Waals surface area contributed by atoms with Crippen molar-refractivity contribution in [1.82, 2.24) is 19.6 Å². The van der Waals surface area contributed by atoms with Gasteiger partial charge in [0, 0.05) is 11.5 Å². The highest BCUT2D eigenvalue weighted by Gasteiger charge is 2.33. The third-order valence-corrected chi connectivity index (χ3v) is 7.55. The minimum atomic E-state index is -3.09. The van der Waals surface area contributed by atoms with Gasteiger partial charge in [-0.1, -0.05) is 32.9 Å². The molecule has 0 radical (unpaired) electrons. The molecule has 8 nitrogen and oxygen atoms in total. The molecule has 2 aromatic heterocycles. The van der Waals surface area contributed by atoms with Crippen LogP contribution in [0.1, 0.15) is 60.5 Å². The molecule has 1 N–H and O–H groups in total. The van der Waals surface area contributed by atoms with Crippen LogP contribution in [-0.2, 0) is 15.3 Å². The molecule has 1 saturated heterocycles. The SMILES string of the molecule is Cc1cccc(-n2ncc(C(=O)Nc3cc(C(C)(C)C)nn3C3CCS(=O)(=O)C3)c2C)c1. The third kappa shape index (κ3) is 4.34. The summed E-state index contributed by atoms with van der Waals surface area (Å²) in [6.07, 6.45) is 2.04. The summed E-state index contributed by atoms with van der Waals surface area (Å²) < 4.78 is 27.5. The van der Waals surface area contributed by atoms with Crippen LogP contribution >= 0.6 is 0 Å². The minimum Gasteiger partial charge on any atom is -0.307 e. The lowest BCUT2D eigenvalue weighted by atomic mass is 9.92. The lowest BCUT2D eigenvalue weighted by Gasteiger charge is -2.15. The molecule has 1 amide bonds. The number of nitrogens with one attached hydrogen (secondary N) is 1. The summed E-state index contributed by atoms with van der Waals surface area (Å²) in [7, 11) is -3.09. The molecule has 0 aliphatic carbocycles. The van der Waals surface area contributed by atoms with E-state index in [1.54, 1.807) is 15.6 Å². The highest BCUT2D eigenvalue weighted by atomic mass is 32.2. The van der Waals surface area contributed by atoms with E-state index in [9.17, 15) is 13.2 Å². The minimum absolute atomic E-state index is 0.0332. The lowest BCUT2D eigenvalue weighted by Crippen LogP contribution is -2.20. The molecule has 1 aromatic carbocycles. The molecule has 1 aliphatic rings. The Morgan fingerprint density at radius 2 is 1.94 bits per heavy atom. The normalized spacial score (nSPS) is 18.1. The molecule has 4 rings (SSSR count). The van der Waals surface area contributed by atoms with E-state index in [0.717, 1.165) is 22.6 Å². The van der Waals surface area contributed by atoms with Gasteiger partial charge in [-0.3, -0.25) is 4.79 Å². The average molecular weight is 456 g/mol. The monoisotopic (exact) mass is 455 g/mol. The number of carbonyl (C=O) groups is 1. The van der Waals surface area contributed by atoms with E-state index >= 15 is 0 Å². The number of aryl methyl sites for hydroxylation is 1. The quantitative estimate of drug-likeness (QED) is 0.648. The number of benzene rings is 1.